The van der Waals surface area contributed by atoms with Crippen molar-refractivity contribution in [3.05, 3.63) is 24.3 Å². The van der Waals surface area contributed by atoms with Gasteiger partial charge in [0, 0.05) is 6.42 Å². The molecule has 1 aliphatic rings. The van der Waals surface area contributed by atoms with Crippen molar-refractivity contribution in [1.82, 2.24) is 5.32 Å². The number of aliphatic hydroxyl groups is 4. The monoisotopic (exact) mass is 876 g/mol. The van der Waals surface area contributed by atoms with Crippen molar-refractivity contribution in [2.45, 2.75) is 256 Å². The van der Waals surface area contributed by atoms with Crippen LogP contribution in [0, 0.1) is 0 Å². The topological polar surface area (TPSA) is 192 Å². The molecule has 0 aliphatic carbocycles. The first-order chi connectivity index (χ1) is 29.0. The summed E-state index contributed by atoms with van der Waals surface area (Å²) in [5.41, 5.74) is 0. The number of carbonyl (C=O) groups is 1. The van der Waals surface area contributed by atoms with E-state index in [1.165, 1.54) is 141 Å². The van der Waals surface area contributed by atoms with Crippen LogP contribution in [0.15, 0.2) is 24.3 Å². The van der Waals surface area contributed by atoms with E-state index < -0.39 is 59.9 Å². The molecule has 13 heteroatoms. The number of hydrogen-bond acceptors (Lipinski definition) is 10. The van der Waals surface area contributed by atoms with Crippen molar-refractivity contribution < 1.29 is 51.8 Å². The number of amides is 1. The summed E-state index contributed by atoms with van der Waals surface area (Å²) in [6.45, 7) is 3.38. The van der Waals surface area contributed by atoms with Crippen molar-refractivity contribution in [1.29, 1.82) is 0 Å². The van der Waals surface area contributed by atoms with Crippen LogP contribution in [-0.4, -0.2) is 95.4 Å². The van der Waals surface area contributed by atoms with Crippen LogP contribution in [0.1, 0.15) is 213 Å². The summed E-state index contributed by atoms with van der Waals surface area (Å²) < 4.78 is 47.6. The fraction of sp³-hybridized carbons (Fsp3) is 0.894. The third-order valence-corrected chi connectivity index (χ3v) is 11.9. The molecule has 6 N–H and O–H groups in total. The minimum atomic E-state index is -5.08. The zero-order chi connectivity index (χ0) is 44.1. The summed E-state index contributed by atoms with van der Waals surface area (Å²) in [7, 11) is -5.08. The molecular formula is C47H89NO11S. The molecular weight excluding hydrogens is 787 g/mol. The highest BCUT2D eigenvalue weighted by atomic mass is 32.3. The van der Waals surface area contributed by atoms with E-state index in [0.29, 0.717) is 6.42 Å². The number of nitrogens with one attached hydrogen (secondary N) is 1. The highest BCUT2D eigenvalue weighted by molar-refractivity contribution is 7.80. The molecule has 1 heterocycles. The second kappa shape index (κ2) is 38.1. The van der Waals surface area contributed by atoms with Crippen LogP contribution in [0.5, 0.6) is 0 Å². The Balaban J connectivity index is 2.45. The number of unbranched alkanes of at least 4 members (excludes halogenated alkanes) is 27. The van der Waals surface area contributed by atoms with Gasteiger partial charge in [-0.25, -0.2) is 4.18 Å². The number of allylic oxidation sites excluding steroid dienone is 3. The third kappa shape index (κ3) is 30.6. The van der Waals surface area contributed by atoms with Crippen molar-refractivity contribution >= 4 is 16.3 Å². The summed E-state index contributed by atoms with van der Waals surface area (Å²) in [5, 5.41) is 44.7. The van der Waals surface area contributed by atoms with Gasteiger partial charge in [0.05, 0.1) is 25.4 Å². The largest absolute Gasteiger partial charge is 0.397 e. The van der Waals surface area contributed by atoms with E-state index >= 15 is 0 Å². The first-order valence-corrected chi connectivity index (χ1v) is 25.6. The fourth-order valence-electron chi connectivity index (χ4n) is 7.68. The van der Waals surface area contributed by atoms with Gasteiger partial charge in [-0.3, -0.25) is 9.35 Å². The van der Waals surface area contributed by atoms with E-state index in [9.17, 15) is 38.2 Å². The van der Waals surface area contributed by atoms with Gasteiger partial charge in [0.15, 0.2) is 6.29 Å². The number of hydrogen-bond donors (Lipinski definition) is 6. The van der Waals surface area contributed by atoms with E-state index in [-0.39, 0.29) is 18.9 Å². The second-order valence-corrected chi connectivity index (χ2v) is 18.1. The summed E-state index contributed by atoms with van der Waals surface area (Å²) in [4.78, 5) is 13.0. The molecule has 0 saturated carbocycles. The number of rotatable bonds is 41. The van der Waals surface area contributed by atoms with Gasteiger partial charge >= 0.3 is 10.4 Å². The lowest BCUT2D eigenvalue weighted by Crippen LogP contribution is -2.61. The molecule has 60 heavy (non-hydrogen) atoms. The van der Waals surface area contributed by atoms with Crippen molar-refractivity contribution in [3.63, 3.8) is 0 Å². The van der Waals surface area contributed by atoms with Gasteiger partial charge in [-0.15, -0.1) is 0 Å². The Hall–Kier alpha value is -1.42. The molecule has 1 fully saturated rings. The molecule has 354 valence electrons. The number of aliphatic hydroxyl groups excluding tert-OH is 4. The molecule has 1 aliphatic heterocycles. The van der Waals surface area contributed by atoms with Gasteiger partial charge in [-0.1, -0.05) is 186 Å². The van der Waals surface area contributed by atoms with Gasteiger partial charge in [0.25, 0.3) is 0 Å². The van der Waals surface area contributed by atoms with Crippen LogP contribution in [-0.2, 0) is 28.9 Å². The fourth-order valence-corrected chi connectivity index (χ4v) is 8.19. The molecule has 0 bridgehead atoms. The highest BCUT2D eigenvalue weighted by Crippen LogP contribution is 2.26. The second-order valence-electron chi connectivity index (χ2n) is 17.0. The first-order valence-electron chi connectivity index (χ1n) is 24.2. The average molecular weight is 876 g/mol. The van der Waals surface area contributed by atoms with Crippen LogP contribution >= 0.6 is 0 Å². The van der Waals surface area contributed by atoms with E-state index in [1.54, 1.807) is 6.08 Å². The van der Waals surface area contributed by atoms with Crippen LogP contribution in [0.25, 0.3) is 0 Å². The molecule has 7 unspecified atom stereocenters. The molecule has 0 aromatic rings. The standard InChI is InChI=1S/C47H89NO11S/c1-3-5-7-9-11-13-15-17-18-19-20-21-22-23-24-25-27-29-31-33-35-37-43(51)48-40(41(50)36-34-32-30-28-26-16-14-12-10-8-6-4-2)39-57-47-45(53)46(59-60(54,55)56)44(52)42(38-49)58-47/h21-22,34,36,40-42,44-47,49-50,52-53H,3-20,23-33,35,37-39H2,1-2H3,(H,48,51)(H,54,55,56)/b22-21-,36-34+. The van der Waals surface area contributed by atoms with Crippen molar-refractivity contribution in [3.8, 4) is 0 Å². The first kappa shape index (κ1) is 56.6. The minimum Gasteiger partial charge on any atom is -0.394 e. The Kier molecular flexibility index (Phi) is 35.9. The van der Waals surface area contributed by atoms with E-state index in [2.05, 4.69) is 35.5 Å². The average Bonchev–Trinajstić information content (AvgIpc) is 3.22. The predicted molar refractivity (Wildman–Crippen MR) is 241 cm³/mol. The molecule has 7 atom stereocenters. The van der Waals surface area contributed by atoms with Gasteiger partial charge < -0.3 is 35.2 Å². The SMILES string of the molecule is CCCCCCCCCCCC/C=C\CCCCCCCCCC(=O)NC(COC1OC(CO)C(O)C(OS(=O)(=O)O)C1O)C(O)/C=C/CCCCCCCCCCCC. The van der Waals surface area contributed by atoms with Crippen molar-refractivity contribution in [2.24, 2.45) is 0 Å². The third-order valence-electron chi connectivity index (χ3n) is 11.5. The smallest absolute Gasteiger partial charge is 0.394 e. The molecule has 1 saturated heterocycles. The normalized spacial score (nSPS) is 20.9. The van der Waals surface area contributed by atoms with Crippen LogP contribution in [0.4, 0.5) is 0 Å². The lowest BCUT2D eigenvalue weighted by molar-refractivity contribution is -0.298. The Bertz CT molecular complexity index is 1170. The minimum absolute atomic E-state index is 0.265. The molecule has 0 radical (unpaired) electrons. The molecule has 0 aromatic heterocycles. The van der Waals surface area contributed by atoms with E-state index in [1.807, 2.05) is 6.08 Å². The summed E-state index contributed by atoms with van der Waals surface area (Å²) in [5.74, 6) is -0.267. The van der Waals surface area contributed by atoms with Crippen LogP contribution in [0.2, 0.25) is 0 Å². The highest BCUT2D eigenvalue weighted by Gasteiger charge is 2.48. The summed E-state index contributed by atoms with van der Waals surface area (Å²) in [6.07, 6.45) is 35.1. The van der Waals surface area contributed by atoms with Gasteiger partial charge in [0.1, 0.15) is 24.4 Å². The number of carbonyl (C=O) groups excluding carboxylic acids is 1. The maximum atomic E-state index is 13.0. The number of ether oxygens (including phenoxy) is 2. The van der Waals surface area contributed by atoms with Crippen LogP contribution < -0.4 is 5.32 Å². The summed E-state index contributed by atoms with van der Waals surface area (Å²) in [6, 6.07) is -0.943. The Morgan fingerprint density at radius 3 is 1.50 bits per heavy atom. The van der Waals surface area contributed by atoms with Gasteiger partial charge in [0.2, 0.25) is 5.91 Å². The van der Waals surface area contributed by atoms with Crippen LogP contribution in [0.3, 0.4) is 0 Å². The molecule has 0 spiro atoms. The lowest BCUT2D eigenvalue weighted by Gasteiger charge is -2.41. The van der Waals surface area contributed by atoms with Gasteiger partial charge in [-0.05, 0) is 44.9 Å². The van der Waals surface area contributed by atoms with E-state index in [4.69, 9.17) is 9.47 Å². The zero-order valence-electron chi connectivity index (χ0n) is 37.8. The predicted octanol–water partition coefficient (Wildman–Crippen LogP) is 9.72. The molecule has 1 amide bonds. The van der Waals surface area contributed by atoms with Gasteiger partial charge in [-0.2, -0.15) is 8.42 Å². The zero-order valence-corrected chi connectivity index (χ0v) is 38.6. The summed E-state index contributed by atoms with van der Waals surface area (Å²) >= 11 is 0. The maximum Gasteiger partial charge on any atom is 0.397 e. The van der Waals surface area contributed by atoms with Crippen molar-refractivity contribution in [2.75, 3.05) is 13.2 Å². The Morgan fingerprint density at radius 1 is 0.650 bits per heavy atom. The molecule has 0 aromatic carbocycles. The lowest BCUT2D eigenvalue weighted by atomic mass is 9.99. The quantitative estimate of drug-likeness (QED) is 0.0195. The Labute approximate surface area is 365 Å². The van der Waals surface area contributed by atoms with E-state index in [0.717, 1.165) is 44.9 Å². The maximum absolute atomic E-state index is 13.0. The Morgan fingerprint density at radius 2 is 1.07 bits per heavy atom. The molecule has 12 nitrogen and oxygen atoms in total. The molecule has 1 rings (SSSR count).